The van der Waals surface area contributed by atoms with Gasteiger partial charge >= 0.3 is 0 Å². The van der Waals surface area contributed by atoms with Crippen molar-refractivity contribution in [3.05, 3.63) is 59.1 Å². The topological polar surface area (TPSA) is 55.8 Å². The molecule has 0 radical (unpaired) electrons. The van der Waals surface area contributed by atoms with Crippen LogP contribution in [0.1, 0.15) is 25.5 Å². The number of benzene rings is 2. The summed E-state index contributed by atoms with van der Waals surface area (Å²) < 4.78 is 39.1. The summed E-state index contributed by atoms with van der Waals surface area (Å²) in [5.74, 6) is 0.613. The molecule has 0 saturated carbocycles. The van der Waals surface area contributed by atoms with Gasteiger partial charge in [-0.05, 0) is 55.8 Å². The molecule has 7 heteroatoms. The maximum Gasteiger partial charge on any atom is 0.243 e. The average Bonchev–Trinajstić information content (AvgIpc) is 2.61. The number of hydrogen-bond donors (Lipinski definition) is 0. The molecule has 1 fully saturated rings. The molecule has 5 nitrogen and oxygen atoms in total. The highest BCUT2D eigenvalue weighted by atomic mass is 35.5. The molecule has 0 amide bonds. The molecule has 1 atom stereocenters. The fourth-order valence-corrected chi connectivity index (χ4v) is 5.00. The molecule has 2 aromatic carbocycles. The molecular weight excluding hydrogens is 374 g/mol. The van der Waals surface area contributed by atoms with Gasteiger partial charge in [-0.15, -0.1) is 0 Å². The zero-order chi connectivity index (χ0) is 18.9. The van der Waals surface area contributed by atoms with Crippen molar-refractivity contribution in [3.63, 3.8) is 0 Å². The second-order valence-corrected chi connectivity index (χ2v) is 9.18. The number of morpholine rings is 1. The van der Waals surface area contributed by atoms with Gasteiger partial charge in [0.25, 0.3) is 0 Å². The molecule has 0 aromatic heterocycles. The number of halogens is 1. The monoisotopic (exact) mass is 395 g/mol. The molecule has 3 rings (SSSR count). The largest absolute Gasteiger partial charge is 0.497 e. The van der Waals surface area contributed by atoms with Gasteiger partial charge in [0.05, 0.1) is 30.3 Å². The van der Waals surface area contributed by atoms with Crippen LogP contribution in [0.4, 0.5) is 0 Å². The first-order chi connectivity index (χ1) is 12.2. The lowest BCUT2D eigenvalue weighted by atomic mass is 10.0. The predicted molar refractivity (Wildman–Crippen MR) is 101 cm³/mol. The van der Waals surface area contributed by atoms with Gasteiger partial charge in [0.2, 0.25) is 10.0 Å². The molecule has 26 heavy (non-hydrogen) atoms. The normalized spacial score (nSPS) is 20.7. The number of methoxy groups -OCH3 is 1. The fourth-order valence-electron chi connectivity index (χ4n) is 3.03. The van der Waals surface area contributed by atoms with E-state index in [4.69, 9.17) is 21.1 Å². The Morgan fingerprint density at radius 2 is 1.88 bits per heavy atom. The van der Waals surface area contributed by atoms with Gasteiger partial charge in [0.1, 0.15) is 5.75 Å². The van der Waals surface area contributed by atoms with Crippen LogP contribution in [-0.4, -0.2) is 38.5 Å². The van der Waals surface area contributed by atoms with Gasteiger partial charge in [-0.25, -0.2) is 8.42 Å². The Bertz CT molecular complexity index is 881. The summed E-state index contributed by atoms with van der Waals surface area (Å²) in [6.45, 7) is 4.24. The molecule has 1 aliphatic heterocycles. The van der Waals surface area contributed by atoms with Crippen LogP contribution >= 0.6 is 11.6 Å². The minimum atomic E-state index is -3.68. The van der Waals surface area contributed by atoms with Gasteiger partial charge in [-0.3, -0.25) is 0 Å². The standard InChI is InChI=1S/C19H22ClNO4S/c1-19(2)13-25-18(14-5-4-6-15(20)11-14)12-21(19)26(22,23)17-9-7-16(24-3)8-10-17/h4-11,18H,12-13H2,1-3H3. The quantitative estimate of drug-likeness (QED) is 0.788. The third-order valence-corrected chi connectivity index (χ3v) is 6.84. The summed E-state index contributed by atoms with van der Waals surface area (Å²) >= 11 is 6.07. The lowest BCUT2D eigenvalue weighted by molar-refractivity contribution is -0.0655. The van der Waals surface area contributed by atoms with E-state index in [1.54, 1.807) is 37.4 Å². The van der Waals surface area contributed by atoms with E-state index in [9.17, 15) is 8.42 Å². The zero-order valence-electron chi connectivity index (χ0n) is 15.0. The SMILES string of the molecule is COc1ccc(S(=O)(=O)N2CC(c3cccc(Cl)c3)OCC2(C)C)cc1. The third kappa shape index (κ3) is 3.74. The number of rotatable bonds is 4. The fraction of sp³-hybridized carbons (Fsp3) is 0.368. The highest BCUT2D eigenvalue weighted by Gasteiger charge is 2.43. The van der Waals surface area contributed by atoms with Gasteiger partial charge in [-0.2, -0.15) is 4.31 Å². The van der Waals surface area contributed by atoms with E-state index in [2.05, 4.69) is 0 Å². The van der Waals surface area contributed by atoms with Crippen molar-refractivity contribution in [1.29, 1.82) is 0 Å². The summed E-state index contributed by atoms with van der Waals surface area (Å²) in [6.07, 6.45) is -0.366. The van der Waals surface area contributed by atoms with Crippen LogP contribution < -0.4 is 4.74 Å². The molecular formula is C19H22ClNO4S. The lowest BCUT2D eigenvalue weighted by Crippen LogP contribution is -2.56. The van der Waals surface area contributed by atoms with Crippen LogP contribution in [0.5, 0.6) is 5.75 Å². The Labute approximate surface area is 159 Å². The molecule has 1 saturated heterocycles. The van der Waals surface area contributed by atoms with Crippen LogP contribution in [0.3, 0.4) is 0 Å². The highest BCUT2D eigenvalue weighted by Crippen LogP contribution is 2.35. The second-order valence-electron chi connectivity index (χ2n) is 6.88. The van der Waals surface area contributed by atoms with Crippen molar-refractivity contribution in [2.75, 3.05) is 20.3 Å². The summed E-state index contributed by atoms with van der Waals surface area (Å²) in [5, 5.41) is 0.598. The number of hydrogen-bond acceptors (Lipinski definition) is 4. The molecule has 2 aromatic rings. The van der Waals surface area contributed by atoms with E-state index in [0.717, 1.165) is 5.56 Å². The first-order valence-electron chi connectivity index (χ1n) is 8.28. The van der Waals surface area contributed by atoms with Crippen molar-refractivity contribution in [1.82, 2.24) is 4.31 Å². The molecule has 1 aliphatic rings. The predicted octanol–water partition coefficient (Wildman–Crippen LogP) is 3.89. The van der Waals surface area contributed by atoms with E-state index in [0.29, 0.717) is 17.4 Å². The minimum absolute atomic E-state index is 0.224. The van der Waals surface area contributed by atoms with Crippen molar-refractivity contribution in [3.8, 4) is 5.75 Å². The first kappa shape index (κ1) is 19.2. The van der Waals surface area contributed by atoms with Crippen molar-refractivity contribution in [2.24, 2.45) is 0 Å². The van der Waals surface area contributed by atoms with Crippen molar-refractivity contribution in [2.45, 2.75) is 30.4 Å². The van der Waals surface area contributed by atoms with Crippen molar-refractivity contribution < 1.29 is 17.9 Å². The van der Waals surface area contributed by atoms with Crippen LogP contribution in [0.15, 0.2) is 53.4 Å². The average molecular weight is 396 g/mol. The summed E-state index contributed by atoms with van der Waals surface area (Å²) in [5.41, 5.74) is 0.205. The number of ether oxygens (including phenoxy) is 2. The van der Waals surface area contributed by atoms with Crippen LogP contribution in [0, 0.1) is 0 Å². The molecule has 140 valence electrons. The summed E-state index contributed by atoms with van der Waals surface area (Å²) in [6, 6.07) is 13.7. The second kappa shape index (κ2) is 7.19. The van der Waals surface area contributed by atoms with E-state index >= 15 is 0 Å². The molecule has 0 aliphatic carbocycles. The molecule has 1 unspecified atom stereocenters. The maximum atomic E-state index is 13.2. The van der Waals surface area contributed by atoms with Gasteiger partial charge in [-0.1, -0.05) is 23.7 Å². The molecule has 0 bridgehead atoms. The molecule has 0 N–H and O–H groups in total. The summed E-state index contributed by atoms with van der Waals surface area (Å²) in [4.78, 5) is 0.234. The van der Waals surface area contributed by atoms with Gasteiger partial charge in [0.15, 0.2) is 0 Å². The van der Waals surface area contributed by atoms with Crippen LogP contribution in [0.2, 0.25) is 5.02 Å². The van der Waals surface area contributed by atoms with Crippen LogP contribution in [-0.2, 0) is 14.8 Å². The van der Waals surface area contributed by atoms with Crippen LogP contribution in [0.25, 0.3) is 0 Å². The maximum absolute atomic E-state index is 13.2. The van der Waals surface area contributed by atoms with E-state index in [1.807, 2.05) is 32.0 Å². The molecule has 1 heterocycles. The van der Waals surface area contributed by atoms with E-state index in [1.165, 1.54) is 4.31 Å². The van der Waals surface area contributed by atoms with E-state index < -0.39 is 15.6 Å². The Kier molecular flexibility index (Phi) is 5.30. The molecule has 0 spiro atoms. The van der Waals surface area contributed by atoms with Gasteiger partial charge in [0, 0.05) is 11.6 Å². The Balaban J connectivity index is 1.94. The van der Waals surface area contributed by atoms with E-state index in [-0.39, 0.29) is 17.5 Å². The highest BCUT2D eigenvalue weighted by molar-refractivity contribution is 7.89. The zero-order valence-corrected chi connectivity index (χ0v) is 16.5. The lowest BCUT2D eigenvalue weighted by Gasteiger charge is -2.44. The first-order valence-corrected chi connectivity index (χ1v) is 10.1. The Morgan fingerprint density at radius 3 is 2.50 bits per heavy atom. The summed E-state index contributed by atoms with van der Waals surface area (Å²) in [7, 11) is -2.14. The Hall–Kier alpha value is -1.60. The van der Waals surface area contributed by atoms with Gasteiger partial charge < -0.3 is 9.47 Å². The Morgan fingerprint density at radius 1 is 1.19 bits per heavy atom. The minimum Gasteiger partial charge on any atom is -0.497 e. The van der Waals surface area contributed by atoms with Crippen molar-refractivity contribution >= 4 is 21.6 Å². The smallest absolute Gasteiger partial charge is 0.243 e. The number of nitrogens with zero attached hydrogens (tertiary/aromatic N) is 1. The number of sulfonamides is 1. The third-order valence-electron chi connectivity index (χ3n) is 4.51.